The van der Waals surface area contributed by atoms with Crippen LogP contribution in [-0.2, 0) is 0 Å². The number of hydrogen-bond acceptors (Lipinski definition) is 3. The van der Waals surface area contributed by atoms with Gasteiger partial charge < -0.3 is 15.7 Å². The molecule has 90 valence electrons. The van der Waals surface area contributed by atoms with Crippen molar-refractivity contribution in [2.45, 2.75) is 30.9 Å². The van der Waals surface area contributed by atoms with Gasteiger partial charge in [0.15, 0.2) is 0 Å². The lowest BCUT2D eigenvalue weighted by atomic mass is 10.2. The summed E-state index contributed by atoms with van der Waals surface area (Å²) in [4.78, 5) is 0. The minimum absolute atomic E-state index is 0.131. The minimum Gasteiger partial charge on any atom is -0.392 e. The molecule has 7 heteroatoms. The van der Waals surface area contributed by atoms with E-state index in [9.17, 15) is 17.6 Å². The van der Waals surface area contributed by atoms with Crippen molar-refractivity contribution < 1.29 is 22.7 Å². The largest absolute Gasteiger partial charge is 0.392 e. The van der Waals surface area contributed by atoms with Gasteiger partial charge in [-0.1, -0.05) is 0 Å². The van der Waals surface area contributed by atoms with Gasteiger partial charge in [-0.15, -0.1) is 0 Å². The van der Waals surface area contributed by atoms with E-state index in [0.717, 1.165) is 0 Å². The van der Waals surface area contributed by atoms with Crippen LogP contribution in [0, 0.1) is 0 Å². The molecule has 0 bridgehead atoms. The van der Waals surface area contributed by atoms with Gasteiger partial charge in [-0.25, -0.2) is 8.78 Å². The van der Waals surface area contributed by atoms with Crippen molar-refractivity contribution in [2.75, 3.05) is 19.6 Å². The summed E-state index contributed by atoms with van der Waals surface area (Å²) in [6.07, 6.45) is -3.67. The average Bonchev–Trinajstić information content (AvgIpc) is 2.51. The molecular weight excluding hydrogens is 216 g/mol. The minimum atomic E-state index is -3.99. The lowest BCUT2D eigenvalue weighted by Gasteiger charge is -2.17. The van der Waals surface area contributed by atoms with Gasteiger partial charge in [0.2, 0.25) is 0 Å². The fourth-order valence-corrected chi connectivity index (χ4v) is 1.44. The third kappa shape index (κ3) is 3.92. The highest BCUT2D eigenvalue weighted by Gasteiger charge is 2.40. The van der Waals surface area contributed by atoms with Gasteiger partial charge in [0.1, 0.15) is 0 Å². The summed E-state index contributed by atoms with van der Waals surface area (Å²) in [6.45, 7) is -0.476. The Balaban J connectivity index is 2.16. The quantitative estimate of drug-likeness (QED) is 0.591. The van der Waals surface area contributed by atoms with Gasteiger partial charge in [-0.05, 0) is 6.42 Å². The Morgan fingerprint density at radius 2 is 2.13 bits per heavy atom. The molecule has 1 aliphatic heterocycles. The fourth-order valence-electron chi connectivity index (χ4n) is 1.44. The molecule has 0 radical (unpaired) electrons. The molecule has 15 heavy (non-hydrogen) atoms. The lowest BCUT2D eigenvalue weighted by Crippen LogP contribution is -2.43. The Kier molecular flexibility index (Phi) is 4.30. The monoisotopic (exact) mass is 230 g/mol. The molecule has 1 saturated heterocycles. The number of rotatable bonds is 5. The molecule has 0 saturated carbocycles. The van der Waals surface area contributed by atoms with Gasteiger partial charge in [0.25, 0.3) is 0 Å². The Morgan fingerprint density at radius 1 is 1.47 bits per heavy atom. The van der Waals surface area contributed by atoms with E-state index in [0.29, 0.717) is 13.0 Å². The van der Waals surface area contributed by atoms with E-state index in [2.05, 4.69) is 10.6 Å². The zero-order chi connectivity index (χ0) is 11.5. The van der Waals surface area contributed by atoms with E-state index in [1.54, 1.807) is 0 Å². The Labute approximate surface area is 84.8 Å². The van der Waals surface area contributed by atoms with Crippen molar-refractivity contribution in [1.82, 2.24) is 10.6 Å². The second-order valence-electron chi connectivity index (χ2n) is 3.69. The van der Waals surface area contributed by atoms with Crippen molar-refractivity contribution in [3.63, 3.8) is 0 Å². The van der Waals surface area contributed by atoms with Crippen molar-refractivity contribution in [2.24, 2.45) is 0 Å². The second-order valence-corrected chi connectivity index (χ2v) is 3.69. The number of hydrogen-bond donors (Lipinski definition) is 3. The van der Waals surface area contributed by atoms with Crippen molar-refractivity contribution >= 4 is 0 Å². The number of alkyl halides is 4. The van der Waals surface area contributed by atoms with Gasteiger partial charge >= 0.3 is 12.3 Å². The summed E-state index contributed by atoms with van der Waals surface area (Å²) >= 11 is 0. The second kappa shape index (κ2) is 5.09. The first-order valence-electron chi connectivity index (χ1n) is 4.70. The maximum absolute atomic E-state index is 12.4. The molecule has 3 N–H and O–H groups in total. The molecule has 0 aromatic carbocycles. The predicted octanol–water partition coefficient (Wildman–Crippen LogP) is 0.199. The van der Waals surface area contributed by atoms with Crippen LogP contribution in [0.25, 0.3) is 0 Å². The molecule has 2 unspecified atom stereocenters. The summed E-state index contributed by atoms with van der Waals surface area (Å²) in [5.41, 5.74) is 0. The number of halogens is 4. The smallest absolute Gasteiger partial charge is 0.319 e. The number of aliphatic hydroxyl groups is 1. The predicted molar refractivity (Wildman–Crippen MR) is 46.2 cm³/mol. The summed E-state index contributed by atoms with van der Waals surface area (Å²) in [5.74, 6) is -3.99. The summed E-state index contributed by atoms with van der Waals surface area (Å²) in [7, 11) is 0. The maximum atomic E-state index is 12.4. The van der Waals surface area contributed by atoms with Gasteiger partial charge in [0.05, 0.1) is 12.6 Å². The van der Waals surface area contributed by atoms with E-state index in [-0.39, 0.29) is 12.6 Å². The molecule has 1 aliphatic rings. The topological polar surface area (TPSA) is 44.3 Å². The van der Waals surface area contributed by atoms with E-state index >= 15 is 0 Å². The lowest BCUT2D eigenvalue weighted by molar-refractivity contribution is -0.125. The highest BCUT2D eigenvalue weighted by atomic mass is 19.3. The van der Waals surface area contributed by atoms with E-state index in [1.165, 1.54) is 0 Å². The molecule has 1 rings (SSSR count). The Hall–Kier alpha value is -0.400. The Morgan fingerprint density at radius 3 is 2.60 bits per heavy atom. The van der Waals surface area contributed by atoms with E-state index in [1.807, 2.05) is 0 Å². The number of β-amino-alcohol motifs (C(OH)–C–C–N with tert-alkyl or cyclic N) is 1. The molecule has 0 aromatic heterocycles. The molecule has 0 aromatic rings. The van der Waals surface area contributed by atoms with Crippen LogP contribution in [0.4, 0.5) is 17.6 Å². The van der Waals surface area contributed by atoms with Crippen LogP contribution in [0.2, 0.25) is 0 Å². The van der Waals surface area contributed by atoms with Crippen LogP contribution in [0.1, 0.15) is 6.42 Å². The molecule has 0 spiro atoms. The molecule has 0 amide bonds. The molecule has 1 heterocycles. The standard InChI is InChI=1S/C8H14F4N2O/c9-7(10)8(11,12)4-13-2-5-1-6(15)3-14-5/h5-7,13-15H,1-4H2. The first-order chi connectivity index (χ1) is 6.92. The van der Waals surface area contributed by atoms with Crippen molar-refractivity contribution in [1.29, 1.82) is 0 Å². The van der Waals surface area contributed by atoms with Crippen LogP contribution in [0.3, 0.4) is 0 Å². The van der Waals surface area contributed by atoms with Crippen LogP contribution < -0.4 is 10.6 Å². The normalized spacial score (nSPS) is 27.6. The van der Waals surface area contributed by atoms with E-state index in [4.69, 9.17) is 5.11 Å². The van der Waals surface area contributed by atoms with Gasteiger partial charge in [0, 0.05) is 19.1 Å². The fraction of sp³-hybridized carbons (Fsp3) is 1.00. The SMILES string of the molecule is OC1CNC(CNCC(F)(F)C(F)F)C1. The third-order valence-corrected chi connectivity index (χ3v) is 2.27. The van der Waals surface area contributed by atoms with Crippen LogP contribution in [-0.4, -0.2) is 49.2 Å². The van der Waals surface area contributed by atoms with E-state index < -0.39 is 25.0 Å². The first-order valence-corrected chi connectivity index (χ1v) is 4.70. The first kappa shape index (κ1) is 12.7. The third-order valence-electron chi connectivity index (χ3n) is 2.27. The zero-order valence-electron chi connectivity index (χ0n) is 8.02. The number of aliphatic hydroxyl groups excluding tert-OH is 1. The highest BCUT2D eigenvalue weighted by Crippen LogP contribution is 2.21. The zero-order valence-corrected chi connectivity index (χ0v) is 8.02. The van der Waals surface area contributed by atoms with Gasteiger partial charge in [-0.3, -0.25) is 0 Å². The molecule has 1 fully saturated rings. The summed E-state index contributed by atoms with van der Waals surface area (Å²) in [5, 5.41) is 14.2. The summed E-state index contributed by atoms with van der Waals surface area (Å²) < 4.78 is 48.3. The van der Waals surface area contributed by atoms with Crippen LogP contribution in [0.15, 0.2) is 0 Å². The number of nitrogens with one attached hydrogen (secondary N) is 2. The average molecular weight is 230 g/mol. The summed E-state index contributed by atoms with van der Waals surface area (Å²) in [6, 6.07) is -0.131. The Bertz CT molecular complexity index is 203. The molecule has 0 aliphatic carbocycles. The maximum Gasteiger partial charge on any atom is 0.319 e. The molecule has 3 nitrogen and oxygen atoms in total. The molecule has 2 atom stereocenters. The van der Waals surface area contributed by atoms with Gasteiger partial charge in [-0.2, -0.15) is 8.78 Å². The molecular formula is C8H14F4N2O. The van der Waals surface area contributed by atoms with Crippen molar-refractivity contribution in [3.8, 4) is 0 Å². The highest BCUT2D eigenvalue weighted by molar-refractivity contribution is 4.83. The van der Waals surface area contributed by atoms with Crippen molar-refractivity contribution in [3.05, 3.63) is 0 Å². The van der Waals surface area contributed by atoms with Crippen LogP contribution >= 0.6 is 0 Å². The van der Waals surface area contributed by atoms with Crippen LogP contribution in [0.5, 0.6) is 0 Å².